The molecule has 19 heteroatoms. The summed E-state index contributed by atoms with van der Waals surface area (Å²) in [6.45, 7) is 2.67. The van der Waals surface area contributed by atoms with E-state index in [2.05, 4.69) is 0 Å². The molecular formula is C33H36O19. The van der Waals surface area contributed by atoms with Crippen molar-refractivity contribution in [1.29, 1.82) is 0 Å². The van der Waals surface area contributed by atoms with Gasteiger partial charge < -0.3 is 79.2 Å². The van der Waals surface area contributed by atoms with Crippen molar-refractivity contribution in [2.24, 2.45) is 0 Å². The molecule has 282 valence electrons. The van der Waals surface area contributed by atoms with Crippen molar-refractivity contribution in [3.63, 3.8) is 0 Å². The van der Waals surface area contributed by atoms with Crippen LogP contribution in [-0.2, 0) is 28.5 Å². The molecule has 0 amide bonds. The highest BCUT2D eigenvalue weighted by atomic mass is 16.7. The molecule has 14 unspecified atom stereocenters. The van der Waals surface area contributed by atoms with Crippen molar-refractivity contribution in [2.45, 2.75) is 99.7 Å². The minimum Gasteiger partial charge on any atom is -0.507 e. The van der Waals surface area contributed by atoms with Crippen LogP contribution in [0.25, 0.3) is 22.3 Å². The second kappa shape index (κ2) is 14.3. The van der Waals surface area contributed by atoms with Crippen LogP contribution in [0.15, 0.2) is 45.6 Å². The summed E-state index contributed by atoms with van der Waals surface area (Å²) in [5.74, 6) is -4.05. The zero-order valence-corrected chi connectivity index (χ0v) is 27.2. The van der Waals surface area contributed by atoms with Crippen molar-refractivity contribution >= 4 is 22.7 Å². The Morgan fingerprint density at radius 1 is 0.769 bits per heavy atom. The van der Waals surface area contributed by atoms with E-state index in [1.54, 1.807) is 0 Å². The first-order valence-corrected chi connectivity index (χ1v) is 15.9. The average molecular weight is 737 g/mol. The molecule has 3 fully saturated rings. The third-order valence-electron chi connectivity index (χ3n) is 9.25. The van der Waals surface area contributed by atoms with Crippen molar-refractivity contribution in [3.05, 3.63) is 52.2 Å². The zero-order valence-electron chi connectivity index (χ0n) is 27.2. The van der Waals surface area contributed by atoms with Gasteiger partial charge in [0.15, 0.2) is 23.6 Å². The highest BCUT2D eigenvalue weighted by Crippen LogP contribution is 2.45. The number of ether oxygens (including phenoxy) is 5. The number of aromatic hydroxyl groups is 2. The van der Waals surface area contributed by atoms with Gasteiger partial charge in [0, 0.05) is 17.7 Å². The smallest absolute Gasteiger partial charge is 0.335 e. The summed E-state index contributed by atoms with van der Waals surface area (Å²) >= 11 is 0. The number of rotatable bonds is 7. The Bertz CT molecular complexity index is 1880. The number of carbonyl (C=O) groups is 2. The van der Waals surface area contributed by atoms with Crippen molar-refractivity contribution in [2.75, 3.05) is 0 Å². The summed E-state index contributed by atoms with van der Waals surface area (Å²) in [7, 11) is 0. The molecule has 3 aromatic rings. The Kier molecular flexibility index (Phi) is 10.3. The number of hydrogen-bond acceptors (Lipinski definition) is 18. The van der Waals surface area contributed by atoms with Gasteiger partial charge in [-0.1, -0.05) is 0 Å². The highest BCUT2D eigenvalue weighted by molar-refractivity contribution is 5.90. The second-order valence-electron chi connectivity index (χ2n) is 12.7. The summed E-state index contributed by atoms with van der Waals surface area (Å²) < 4.78 is 33.3. The SMILES string of the molecule is CC1OC(c2c(O)cc3oc(-c4ccc(OC5OC(C(=O)O)C(O)C(O)C5O)cc4)cc(=O)c3c2O)C(OC2OC(C)C(O)C(O)C2O)C(O)C1=O. The maximum atomic E-state index is 13.4. The Morgan fingerprint density at radius 3 is 2.06 bits per heavy atom. The summed E-state index contributed by atoms with van der Waals surface area (Å²) in [5, 5.41) is 103. The number of carboxylic acid groups (broad SMARTS) is 1. The maximum absolute atomic E-state index is 13.4. The Labute approximate surface area is 292 Å². The molecule has 3 aliphatic rings. The number of hydrogen-bond donors (Lipinski definition) is 10. The molecule has 0 aliphatic carbocycles. The minimum atomic E-state index is -1.97. The van der Waals surface area contributed by atoms with Gasteiger partial charge in [0.05, 0.1) is 11.7 Å². The highest BCUT2D eigenvalue weighted by Gasteiger charge is 2.51. The molecule has 4 heterocycles. The lowest BCUT2D eigenvalue weighted by molar-refractivity contribution is -0.323. The van der Waals surface area contributed by atoms with Gasteiger partial charge in [-0.05, 0) is 38.1 Å². The number of benzene rings is 2. The molecule has 0 radical (unpaired) electrons. The average Bonchev–Trinajstić information content (AvgIpc) is 3.10. The summed E-state index contributed by atoms with van der Waals surface area (Å²) in [6.07, 6.45) is -23.7. The Balaban J connectivity index is 1.29. The molecule has 1 aromatic heterocycles. The van der Waals surface area contributed by atoms with E-state index >= 15 is 0 Å². The van der Waals surface area contributed by atoms with E-state index < -0.39 is 125 Å². The normalized spacial score (nSPS) is 36.8. The number of phenolic OH excluding ortho intramolecular Hbond substituents is 2. The summed E-state index contributed by atoms with van der Waals surface area (Å²) in [4.78, 5) is 37.5. The van der Waals surface area contributed by atoms with E-state index in [4.69, 9.17) is 28.1 Å². The predicted octanol–water partition coefficient (Wildman–Crippen LogP) is -2.26. The summed E-state index contributed by atoms with van der Waals surface area (Å²) in [5.41, 5.74) is -1.32. The number of carbonyl (C=O) groups excluding carboxylic acids is 1. The van der Waals surface area contributed by atoms with Crippen LogP contribution in [0.2, 0.25) is 0 Å². The molecule has 6 rings (SSSR count). The number of ketones is 1. The lowest BCUT2D eigenvalue weighted by Crippen LogP contribution is -2.61. The number of phenols is 2. The van der Waals surface area contributed by atoms with E-state index in [1.165, 1.54) is 38.1 Å². The first-order valence-electron chi connectivity index (χ1n) is 15.9. The van der Waals surface area contributed by atoms with E-state index in [9.17, 15) is 65.4 Å². The molecule has 2 aromatic carbocycles. The fraction of sp³-hybridized carbons (Fsp3) is 0.485. The van der Waals surface area contributed by atoms with Crippen LogP contribution in [-0.4, -0.2) is 143 Å². The number of carboxylic acids is 1. The maximum Gasteiger partial charge on any atom is 0.335 e. The van der Waals surface area contributed by atoms with E-state index in [0.29, 0.717) is 0 Å². The monoisotopic (exact) mass is 736 g/mol. The fourth-order valence-electron chi connectivity index (χ4n) is 6.30. The van der Waals surface area contributed by atoms with Crippen molar-refractivity contribution in [1.82, 2.24) is 0 Å². The van der Waals surface area contributed by atoms with Crippen LogP contribution < -0.4 is 10.2 Å². The van der Waals surface area contributed by atoms with Crippen LogP contribution in [0, 0.1) is 0 Å². The van der Waals surface area contributed by atoms with E-state index in [0.717, 1.165) is 12.1 Å². The Hall–Kier alpha value is -4.25. The molecule has 0 spiro atoms. The lowest BCUT2D eigenvalue weighted by Gasteiger charge is -2.44. The molecule has 0 bridgehead atoms. The molecule has 19 nitrogen and oxygen atoms in total. The van der Waals surface area contributed by atoms with Gasteiger partial charge >= 0.3 is 5.97 Å². The standard InChI is InChI=1S/C33H36O19/c1-9-20(37)24(41)29(51-32-26(43)22(39)19(36)10(2)48-32)28(47-9)18-14(35)8-16-17(21(18)38)13(34)7-15(50-16)11-3-5-12(6-4-11)49-33-27(44)23(40)25(42)30(52-33)31(45)46/h3-10,19,22-30,32-33,35-36,38-44H,1-2H3,(H,45,46). The van der Waals surface area contributed by atoms with E-state index in [1.807, 2.05) is 0 Å². The quantitative estimate of drug-likeness (QED) is 0.122. The van der Waals surface area contributed by atoms with Gasteiger partial charge in [0.25, 0.3) is 0 Å². The molecule has 3 aliphatic heterocycles. The Morgan fingerprint density at radius 2 is 1.40 bits per heavy atom. The fourth-order valence-corrected chi connectivity index (χ4v) is 6.30. The number of aliphatic carboxylic acids is 1. The first-order chi connectivity index (χ1) is 24.5. The van der Waals surface area contributed by atoms with Crippen LogP contribution in [0.4, 0.5) is 0 Å². The van der Waals surface area contributed by atoms with Crippen LogP contribution in [0.1, 0.15) is 25.5 Å². The van der Waals surface area contributed by atoms with Crippen molar-refractivity contribution < 1.29 is 88.8 Å². The molecule has 14 atom stereocenters. The number of aliphatic hydroxyl groups is 7. The van der Waals surface area contributed by atoms with Gasteiger partial charge in [-0.25, -0.2) is 4.79 Å². The van der Waals surface area contributed by atoms with E-state index in [-0.39, 0.29) is 22.7 Å². The summed E-state index contributed by atoms with van der Waals surface area (Å²) in [6, 6.07) is 7.47. The van der Waals surface area contributed by atoms with Crippen LogP contribution in [0.5, 0.6) is 17.2 Å². The minimum absolute atomic E-state index is 0.0223. The molecule has 0 saturated carbocycles. The van der Waals surface area contributed by atoms with Gasteiger partial charge in [-0.2, -0.15) is 0 Å². The van der Waals surface area contributed by atoms with Crippen molar-refractivity contribution in [3.8, 4) is 28.6 Å². The molecule has 3 saturated heterocycles. The number of fused-ring (bicyclic) bond motifs is 1. The zero-order chi connectivity index (χ0) is 37.9. The van der Waals surface area contributed by atoms with Gasteiger partial charge in [0.2, 0.25) is 6.29 Å². The molecular weight excluding hydrogens is 700 g/mol. The number of aliphatic hydroxyl groups excluding tert-OH is 7. The largest absolute Gasteiger partial charge is 0.507 e. The van der Waals surface area contributed by atoms with Gasteiger partial charge in [0.1, 0.15) is 95.0 Å². The van der Waals surface area contributed by atoms with Gasteiger partial charge in [-0.3, -0.25) is 9.59 Å². The van der Waals surface area contributed by atoms with Crippen LogP contribution in [0.3, 0.4) is 0 Å². The lowest BCUT2D eigenvalue weighted by atomic mass is 9.90. The topological polar surface area (TPSA) is 313 Å². The second-order valence-corrected chi connectivity index (χ2v) is 12.7. The molecule has 52 heavy (non-hydrogen) atoms. The first kappa shape index (κ1) is 37.5. The van der Waals surface area contributed by atoms with Gasteiger partial charge in [-0.15, -0.1) is 0 Å². The molecule has 10 N–H and O–H groups in total. The number of Topliss-reactive ketones (excluding diaryl/α,β-unsaturated/α-hetero) is 1. The third kappa shape index (κ3) is 6.61. The predicted molar refractivity (Wildman–Crippen MR) is 168 cm³/mol. The van der Waals surface area contributed by atoms with Crippen LogP contribution >= 0.6 is 0 Å². The third-order valence-corrected chi connectivity index (χ3v) is 9.25.